The highest BCUT2D eigenvalue weighted by Crippen LogP contribution is 2.19. The van der Waals surface area contributed by atoms with Gasteiger partial charge in [0.15, 0.2) is 5.96 Å². The predicted octanol–water partition coefficient (Wildman–Crippen LogP) is 2.88. The maximum Gasteiger partial charge on any atom is 0.196 e. The molecule has 1 aromatic carbocycles. The van der Waals surface area contributed by atoms with Gasteiger partial charge in [0.05, 0.1) is 12.8 Å². The Balaban J connectivity index is 0.00000161. The molecule has 0 saturated heterocycles. The summed E-state index contributed by atoms with van der Waals surface area (Å²) in [4.78, 5) is 6.52. The zero-order chi connectivity index (χ0) is 13.9. The van der Waals surface area contributed by atoms with E-state index in [4.69, 9.17) is 4.42 Å². The Morgan fingerprint density at radius 3 is 2.62 bits per heavy atom. The molecule has 0 radical (unpaired) electrons. The van der Waals surface area contributed by atoms with Crippen molar-refractivity contribution in [2.24, 2.45) is 4.99 Å². The average molecular weight is 307 g/mol. The van der Waals surface area contributed by atoms with Crippen LogP contribution in [0.5, 0.6) is 0 Å². The minimum Gasteiger partial charge on any atom is -0.467 e. The molecule has 5 nitrogen and oxygen atoms in total. The van der Waals surface area contributed by atoms with Crippen molar-refractivity contribution in [3.05, 3.63) is 48.4 Å². The summed E-state index contributed by atoms with van der Waals surface area (Å²) in [5, 5.41) is 6.59. The van der Waals surface area contributed by atoms with Gasteiger partial charge in [-0.25, -0.2) is 0 Å². The van der Waals surface area contributed by atoms with E-state index in [0.29, 0.717) is 6.54 Å². The van der Waals surface area contributed by atoms with Crippen LogP contribution in [0.2, 0.25) is 0 Å². The van der Waals surface area contributed by atoms with E-state index in [2.05, 4.69) is 32.7 Å². The molecular formula is C15H19ClN4O. The van der Waals surface area contributed by atoms with Gasteiger partial charge in [0.1, 0.15) is 11.8 Å². The minimum atomic E-state index is 0. The molecule has 2 heterocycles. The second-order valence-electron chi connectivity index (χ2n) is 4.97. The molecule has 1 aromatic heterocycles. The van der Waals surface area contributed by atoms with E-state index in [0.717, 1.165) is 17.4 Å². The molecule has 6 heteroatoms. The van der Waals surface area contributed by atoms with Crippen LogP contribution in [0.15, 0.2) is 52.1 Å². The van der Waals surface area contributed by atoms with Gasteiger partial charge in [0.25, 0.3) is 0 Å². The van der Waals surface area contributed by atoms with Crippen LogP contribution in [0.3, 0.4) is 0 Å². The van der Waals surface area contributed by atoms with Crippen LogP contribution in [0.25, 0.3) is 0 Å². The van der Waals surface area contributed by atoms with Crippen LogP contribution >= 0.6 is 12.4 Å². The van der Waals surface area contributed by atoms with E-state index in [1.165, 1.54) is 5.69 Å². The second-order valence-corrected chi connectivity index (χ2v) is 4.97. The van der Waals surface area contributed by atoms with Gasteiger partial charge in [0, 0.05) is 25.5 Å². The molecule has 0 fully saturated rings. The molecule has 2 aromatic rings. The van der Waals surface area contributed by atoms with Gasteiger partial charge in [0.2, 0.25) is 0 Å². The third-order valence-corrected chi connectivity index (χ3v) is 3.28. The Kier molecular flexibility index (Phi) is 4.75. The first kappa shape index (κ1) is 15.3. The topological polar surface area (TPSA) is 52.8 Å². The molecular weight excluding hydrogens is 288 g/mol. The van der Waals surface area contributed by atoms with Gasteiger partial charge in [-0.2, -0.15) is 0 Å². The predicted molar refractivity (Wildman–Crippen MR) is 88.5 cm³/mol. The normalized spacial score (nSPS) is 16.7. The maximum atomic E-state index is 5.39. The molecule has 21 heavy (non-hydrogen) atoms. The van der Waals surface area contributed by atoms with Crippen molar-refractivity contribution < 1.29 is 4.42 Å². The van der Waals surface area contributed by atoms with Gasteiger partial charge >= 0.3 is 0 Å². The lowest BCUT2D eigenvalue weighted by Gasteiger charge is -2.14. The maximum absolute atomic E-state index is 5.39. The number of anilines is 2. The van der Waals surface area contributed by atoms with E-state index >= 15 is 0 Å². The number of guanidine groups is 1. The summed E-state index contributed by atoms with van der Waals surface area (Å²) in [5.41, 5.74) is 2.19. The highest BCUT2D eigenvalue weighted by molar-refractivity contribution is 5.95. The average Bonchev–Trinajstić information content (AvgIpc) is 3.09. The fraction of sp³-hybridized carbons (Fsp3) is 0.267. The summed E-state index contributed by atoms with van der Waals surface area (Å²) in [6.45, 7) is 0.686. The summed E-state index contributed by atoms with van der Waals surface area (Å²) in [7, 11) is 4.05. The lowest BCUT2D eigenvalue weighted by molar-refractivity contribution is 0.461. The summed E-state index contributed by atoms with van der Waals surface area (Å²) in [5.74, 6) is 1.69. The number of rotatable bonds is 3. The fourth-order valence-corrected chi connectivity index (χ4v) is 2.14. The lowest BCUT2D eigenvalue weighted by Crippen LogP contribution is -2.28. The van der Waals surface area contributed by atoms with E-state index in [1.807, 2.05) is 38.4 Å². The van der Waals surface area contributed by atoms with Crippen LogP contribution < -0.4 is 15.5 Å². The molecule has 0 aliphatic carbocycles. The molecule has 0 spiro atoms. The molecule has 0 bridgehead atoms. The zero-order valence-corrected chi connectivity index (χ0v) is 12.9. The van der Waals surface area contributed by atoms with Crippen molar-refractivity contribution in [3.8, 4) is 0 Å². The number of hydrogen-bond acceptors (Lipinski definition) is 5. The van der Waals surface area contributed by atoms with E-state index in [-0.39, 0.29) is 18.4 Å². The summed E-state index contributed by atoms with van der Waals surface area (Å²) in [6, 6.07) is 12.2. The number of nitrogens with zero attached hydrogens (tertiary/aromatic N) is 2. The highest BCUT2D eigenvalue weighted by Gasteiger charge is 2.21. The van der Waals surface area contributed by atoms with Crippen molar-refractivity contribution in [2.75, 3.05) is 30.9 Å². The highest BCUT2D eigenvalue weighted by atomic mass is 35.5. The Bertz CT molecular complexity index is 593. The van der Waals surface area contributed by atoms with Crippen molar-refractivity contribution in [1.29, 1.82) is 0 Å². The first-order valence-corrected chi connectivity index (χ1v) is 6.61. The van der Waals surface area contributed by atoms with Crippen LogP contribution in [0.4, 0.5) is 11.4 Å². The molecule has 0 saturated carbocycles. The number of nitrogens with one attached hydrogen (secondary N) is 2. The van der Waals surface area contributed by atoms with E-state index in [9.17, 15) is 0 Å². The first-order chi connectivity index (χ1) is 9.72. The zero-order valence-electron chi connectivity index (χ0n) is 12.0. The fourth-order valence-electron chi connectivity index (χ4n) is 2.14. The minimum absolute atomic E-state index is 0. The smallest absolute Gasteiger partial charge is 0.196 e. The van der Waals surface area contributed by atoms with Crippen LogP contribution in [0.1, 0.15) is 11.8 Å². The Hall–Kier alpha value is -2.14. The summed E-state index contributed by atoms with van der Waals surface area (Å²) < 4.78 is 5.39. The quantitative estimate of drug-likeness (QED) is 0.915. The van der Waals surface area contributed by atoms with Gasteiger partial charge in [-0.3, -0.25) is 4.99 Å². The molecule has 2 N–H and O–H groups in total. The van der Waals surface area contributed by atoms with Crippen LogP contribution in [-0.2, 0) is 0 Å². The molecule has 1 atom stereocenters. The van der Waals surface area contributed by atoms with Gasteiger partial charge in [-0.15, -0.1) is 12.4 Å². The molecule has 112 valence electrons. The Morgan fingerprint density at radius 2 is 2.00 bits per heavy atom. The van der Waals surface area contributed by atoms with E-state index < -0.39 is 0 Å². The van der Waals surface area contributed by atoms with Crippen molar-refractivity contribution in [3.63, 3.8) is 0 Å². The van der Waals surface area contributed by atoms with Gasteiger partial charge < -0.3 is 20.0 Å². The van der Waals surface area contributed by atoms with Crippen molar-refractivity contribution in [1.82, 2.24) is 5.32 Å². The second kappa shape index (κ2) is 6.54. The monoisotopic (exact) mass is 306 g/mol. The number of aliphatic imine (C=N–C) groups is 1. The number of furan rings is 1. The van der Waals surface area contributed by atoms with Gasteiger partial charge in [-0.05, 0) is 36.4 Å². The Labute approximate surface area is 130 Å². The van der Waals surface area contributed by atoms with Crippen molar-refractivity contribution >= 4 is 29.7 Å². The number of benzene rings is 1. The summed E-state index contributed by atoms with van der Waals surface area (Å²) in [6.07, 6.45) is 1.68. The number of halogens is 1. The molecule has 1 aliphatic rings. The lowest BCUT2D eigenvalue weighted by atomic mass is 10.2. The van der Waals surface area contributed by atoms with Crippen molar-refractivity contribution in [2.45, 2.75) is 6.04 Å². The first-order valence-electron chi connectivity index (χ1n) is 6.61. The number of hydrogen-bond donors (Lipinski definition) is 2. The van der Waals surface area contributed by atoms with Crippen LogP contribution in [-0.4, -0.2) is 26.6 Å². The van der Waals surface area contributed by atoms with Gasteiger partial charge in [-0.1, -0.05) is 0 Å². The molecule has 1 unspecified atom stereocenters. The molecule has 0 amide bonds. The van der Waals surface area contributed by atoms with Crippen LogP contribution in [0, 0.1) is 0 Å². The summed E-state index contributed by atoms with van der Waals surface area (Å²) >= 11 is 0. The standard InChI is InChI=1S/C15H18N4O.ClH/c1-19(2)12-7-5-11(6-8-12)17-15-16-10-13(18-15)14-4-3-9-20-14;/h3-9,13H,10H2,1-2H3,(H2,16,17,18);1H. The Morgan fingerprint density at radius 1 is 1.24 bits per heavy atom. The third-order valence-electron chi connectivity index (χ3n) is 3.28. The third kappa shape index (κ3) is 3.49. The SMILES string of the molecule is CN(C)c1ccc(NC2=NCC(c3ccco3)N2)cc1.Cl. The molecule has 1 aliphatic heterocycles. The van der Waals surface area contributed by atoms with E-state index in [1.54, 1.807) is 6.26 Å². The largest absolute Gasteiger partial charge is 0.467 e. The molecule has 3 rings (SSSR count).